The number of para-hydroxylation sites is 1. The van der Waals surface area contributed by atoms with Crippen LogP contribution < -0.4 is 15.1 Å². The predicted molar refractivity (Wildman–Crippen MR) is 118 cm³/mol. The Bertz CT molecular complexity index is 750. The molecule has 0 radical (unpaired) electrons. The van der Waals surface area contributed by atoms with E-state index in [1.165, 1.54) is 41.9 Å². The Balaban J connectivity index is 1.18. The highest BCUT2D eigenvalue weighted by molar-refractivity contribution is 6.33. The fourth-order valence-corrected chi connectivity index (χ4v) is 5.63. The molecule has 1 aliphatic carbocycles. The van der Waals surface area contributed by atoms with Crippen LogP contribution in [0.3, 0.4) is 0 Å². The third-order valence-corrected chi connectivity index (χ3v) is 7.60. The van der Waals surface area contributed by atoms with Gasteiger partial charge in [0.25, 0.3) is 11.8 Å². The molecule has 0 spiro atoms. The minimum absolute atomic E-state index is 0.00650. The third-order valence-electron chi connectivity index (χ3n) is 7.27. The number of likely N-dealkylation sites (tertiary alicyclic amines) is 1. The van der Waals surface area contributed by atoms with Crippen LogP contribution >= 0.6 is 11.6 Å². The van der Waals surface area contributed by atoms with E-state index in [9.17, 15) is 9.59 Å². The number of amides is 2. The molecule has 1 aromatic rings. The van der Waals surface area contributed by atoms with Gasteiger partial charge in [0.2, 0.25) is 0 Å². The van der Waals surface area contributed by atoms with Gasteiger partial charge in [0.15, 0.2) is 13.1 Å². The van der Waals surface area contributed by atoms with Crippen LogP contribution in [0, 0.1) is 11.8 Å². The fraction of sp³-hybridized carbons (Fsp3) is 0.652. The van der Waals surface area contributed by atoms with Crippen LogP contribution in [0.25, 0.3) is 0 Å². The quantitative estimate of drug-likeness (QED) is 0.615. The normalized spacial score (nSPS) is 29.2. The molecule has 3 N–H and O–H groups in total. The van der Waals surface area contributed by atoms with Crippen molar-refractivity contribution in [2.45, 2.75) is 32.1 Å². The summed E-state index contributed by atoms with van der Waals surface area (Å²) >= 11 is 6.12. The van der Waals surface area contributed by atoms with Gasteiger partial charge in [0, 0.05) is 13.1 Å². The summed E-state index contributed by atoms with van der Waals surface area (Å²) in [6, 6.07) is 7.31. The number of quaternary nitrogens is 2. The zero-order chi connectivity index (χ0) is 20.9. The second kappa shape index (κ2) is 10.1. The maximum Gasteiger partial charge on any atom is 0.279 e. The molecule has 1 aromatic carbocycles. The lowest BCUT2D eigenvalue weighted by Crippen LogP contribution is -3.28. The molecule has 6 nitrogen and oxygen atoms in total. The van der Waals surface area contributed by atoms with E-state index in [2.05, 4.69) is 10.2 Å². The highest BCUT2D eigenvalue weighted by Crippen LogP contribution is 2.35. The van der Waals surface area contributed by atoms with Crippen LogP contribution in [-0.2, 0) is 9.59 Å². The molecule has 2 aliphatic heterocycles. The molecule has 0 aromatic heterocycles. The summed E-state index contributed by atoms with van der Waals surface area (Å²) in [6.45, 7) is 6.72. The van der Waals surface area contributed by atoms with Crippen LogP contribution in [0.4, 0.5) is 5.69 Å². The Morgan fingerprint density at radius 3 is 2.37 bits per heavy atom. The number of halogens is 1. The number of nitrogens with one attached hydrogen (secondary N) is 3. The third kappa shape index (κ3) is 5.54. The molecule has 164 valence electrons. The molecule has 2 heterocycles. The molecule has 3 fully saturated rings. The second-order valence-electron chi connectivity index (χ2n) is 9.31. The van der Waals surface area contributed by atoms with Crippen molar-refractivity contribution >= 4 is 29.1 Å². The van der Waals surface area contributed by atoms with E-state index in [1.54, 1.807) is 6.07 Å². The first-order valence-corrected chi connectivity index (χ1v) is 12.0. The van der Waals surface area contributed by atoms with Gasteiger partial charge >= 0.3 is 0 Å². The lowest BCUT2D eigenvalue weighted by Gasteiger charge is -2.41. The van der Waals surface area contributed by atoms with Crippen LogP contribution in [0.1, 0.15) is 32.1 Å². The maximum absolute atomic E-state index is 12.9. The number of fused-ring (bicyclic) bond motifs is 1. The van der Waals surface area contributed by atoms with Gasteiger partial charge in [-0.2, -0.15) is 0 Å². The molecule has 2 saturated heterocycles. The minimum atomic E-state index is -0.00650. The molecule has 0 unspecified atom stereocenters. The molecule has 2 amide bonds. The van der Waals surface area contributed by atoms with Gasteiger partial charge in [-0.1, -0.05) is 43.0 Å². The number of hydrogen-bond donors (Lipinski definition) is 3. The number of piperazine rings is 1. The summed E-state index contributed by atoms with van der Waals surface area (Å²) in [5.74, 6) is 1.92. The zero-order valence-corrected chi connectivity index (χ0v) is 18.6. The highest BCUT2D eigenvalue weighted by atomic mass is 35.5. The van der Waals surface area contributed by atoms with Gasteiger partial charge in [-0.3, -0.25) is 9.59 Å². The first-order chi connectivity index (χ1) is 14.6. The van der Waals surface area contributed by atoms with Gasteiger partial charge in [0.05, 0.1) is 10.7 Å². The van der Waals surface area contributed by atoms with Crippen LogP contribution in [0.2, 0.25) is 5.02 Å². The van der Waals surface area contributed by atoms with Gasteiger partial charge in [0.1, 0.15) is 26.2 Å². The van der Waals surface area contributed by atoms with Crippen molar-refractivity contribution < 1.29 is 19.4 Å². The first kappa shape index (κ1) is 21.6. The Kier molecular flexibility index (Phi) is 7.28. The largest absolute Gasteiger partial charge is 0.338 e. The number of carbonyl (C=O) groups is 2. The number of anilines is 1. The van der Waals surface area contributed by atoms with E-state index in [-0.39, 0.29) is 5.91 Å². The number of nitrogens with zero attached hydrogens (tertiary/aromatic N) is 1. The van der Waals surface area contributed by atoms with Crippen molar-refractivity contribution in [2.75, 3.05) is 57.7 Å². The first-order valence-electron chi connectivity index (χ1n) is 11.6. The van der Waals surface area contributed by atoms with Gasteiger partial charge < -0.3 is 20.0 Å². The molecule has 4 rings (SSSR count). The van der Waals surface area contributed by atoms with Crippen molar-refractivity contribution in [3.63, 3.8) is 0 Å². The van der Waals surface area contributed by atoms with Crippen LogP contribution in [0.15, 0.2) is 24.3 Å². The minimum Gasteiger partial charge on any atom is -0.338 e. The van der Waals surface area contributed by atoms with E-state index < -0.39 is 0 Å². The van der Waals surface area contributed by atoms with Gasteiger partial charge in [-0.15, -0.1) is 0 Å². The molecule has 3 aliphatic rings. The topological polar surface area (TPSA) is 58.3 Å². The lowest BCUT2D eigenvalue weighted by molar-refractivity contribution is -1.00. The van der Waals surface area contributed by atoms with Crippen molar-refractivity contribution in [1.82, 2.24) is 4.90 Å². The zero-order valence-electron chi connectivity index (χ0n) is 17.8. The number of piperidine rings is 1. The van der Waals surface area contributed by atoms with Crippen LogP contribution in [0.5, 0.6) is 0 Å². The Morgan fingerprint density at radius 1 is 0.967 bits per heavy atom. The van der Waals surface area contributed by atoms with Gasteiger partial charge in [-0.25, -0.2) is 0 Å². The number of hydrogen-bond acceptors (Lipinski definition) is 2. The molecule has 1 saturated carbocycles. The summed E-state index contributed by atoms with van der Waals surface area (Å²) in [5, 5.41) is 3.47. The number of rotatable bonds is 5. The molecular formula is C23H35ClN4O2+2. The van der Waals surface area contributed by atoms with Crippen molar-refractivity contribution in [2.24, 2.45) is 11.8 Å². The summed E-state index contributed by atoms with van der Waals surface area (Å²) in [5.41, 5.74) is 0.667. The van der Waals surface area contributed by atoms with E-state index >= 15 is 0 Å². The van der Waals surface area contributed by atoms with E-state index in [0.717, 1.165) is 51.1 Å². The fourth-order valence-electron chi connectivity index (χ4n) is 5.45. The Morgan fingerprint density at radius 2 is 1.63 bits per heavy atom. The monoisotopic (exact) mass is 434 g/mol. The van der Waals surface area contributed by atoms with E-state index in [4.69, 9.17) is 11.6 Å². The van der Waals surface area contributed by atoms with Crippen molar-refractivity contribution in [3.05, 3.63) is 29.3 Å². The average molecular weight is 435 g/mol. The lowest BCUT2D eigenvalue weighted by atomic mass is 9.75. The summed E-state index contributed by atoms with van der Waals surface area (Å²) in [4.78, 5) is 30.0. The number of benzene rings is 1. The van der Waals surface area contributed by atoms with Crippen molar-refractivity contribution in [3.8, 4) is 0 Å². The van der Waals surface area contributed by atoms with Crippen LogP contribution in [-0.4, -0.2) is 69.1 Å². The molecular weight excluding hydrogens is 400 g/mol. The average Bonchev–Trinajstić information content (AvgIpc) is 2.76. The summed E-state index contributed by atoms with van der Waals surface area (Å²) in [7, 11) is 0. The van der Waals surface area contributed by atoms with Gasteiger partial charge in [-0.05, 0) is 36.8 Å². The summed E-state index contributed by atoms with van der Waals surface area (Å²) < 4.78 is 0. The number of carbonyl (C=O) groups excluding carboxylic acids is 2. The molecule has 7 heteroatoms. The van der Waals surface area contributed by atoms with E-state index in [1.807, 2.05) is 18.2 Å². The predicted octanol–water partition coefficient (Wildman–Crippen LogP) is 0.101. The summed E-state index contributed by atoms with van der Waals surface area (Å²) in [6.07, 6.45) is 6.59. The second-order valence-corrected chi connectivity index (χ2v) is 9.72. The highest BCUT2D eigenvalue weighted by Gasteiger charge is 2.34. The van der Waals surface area contributed by atoms with Crippen molar-refractivity contribution in [1.29, 1.82) is 0 Å². The maximum atomic E-state index is 12.9. The SMILES string of the molecule is O=C(C[NH+]1CC[NH+](CC(=O)N2CC[C@@H]3CCCC[C@@H]3C2)CC1)Nc1ccccc1Cl. The van der Waals surface area contributed by atoms with E-state index in [0.29, 0.717) is 29.7 Å². The smallest absolute Gasteiger partial charge is 0.279 e. The molecule has 0 bridgehead atoms. The Labute approximate surface area is 184 Å². The molecule has 2 atom stereocenters. The Hall–Kier alpha value is -1.63. The molecule has 30 heavy (non-hydrogen) atoms. The standard InChI is InChI=1S/C23H33ClN4O2/c24-20-7-3-4-8-21(20)25-22(29)16-26-11-13-27(14-12-26)17-23(30)28-10-9-18-5-1-2-6-19(18)15-28/h3-4,7-8,18-19H,1-2,5-6,9-17H2,(H,25,29)/p+2/t18-,19+/m0/s1.